The van der Waals surface area contributed by atoms with Crippen molar-refractivity contribution in [3.05, 3.63) is 48.5 Å². The van der Waals surface area contributed by atoms with Crippen molar-refractivity contribution in [1.82, 2.24) is 0 Å². The number of ether oxygens (including phenoxy) is 33. The summed E-state index contributed by atoms with van der Waals surface area (Å²) in [6, 6.07) is 11.4. The summed E-state index contributed by atoms with van der Waals surface area (Å²) in [6.07, 6.45) is -43.8. The van der Waals surface area contributed by atoms with E-state index in [1.807, 2.05) is 0 Å². The second-order valence-corrected chi connectivity index (χ2v) is 31.3. The van der Waals surface area contributed by atoms with Gasteiger partial charge < -0.3 is 156 Å². The van der Waals surface area contributed by atoms with Crippen molar-refractivity contribution in [3.63, 3.8) is 0 Å². The standard InChI is InChI=1S/C73H114O39S2/c1-78-28-39-46-53(83-6)60(90-13)67(99-39)107-47-40(29-79-2)102-70(63(93-16)54(47)84-7)111-51-44-33-97-113(74,75)37-24-20-35(21-25-37)36-22-26-38(27-23-36)114(76,77)98-34-45-52(59(89-12)65(95-18)72(104-45)109-49-42(31-81-4)100-68(106-46)61(91-14)56(49)86-9)112-71-64(94-17)55(85-8)48(41(103-71)30-80-3)108-69-62(92-15)57(87-10)50(43(101-69)32-82-5)110-73(105-44)66(96-19)58(51)88-11/h20-27,39-73H,28-34H2,1-19H3/t39-,40-,41-,42-,43-,44-,45-,46-,47-,48-,49-,50-,51-,52-,53+,54+,55+,56+,57+,58+,59+,60-,61-,62-,63-,64-,65-,66-,67-,68-,69-,70-,71-,72-,73-/m1/s1. The Morgan fingerprint density at radius 2 is 0.412 bits per heavy atom. The molecule has 41 heteroatoms. The fraction of sp³-hybridized carbons (Fsp3) is 0.836. The lowest BCUT2D eigenvalue weighted by Gasteiger charge is -2.52. The van der Waals surface area contributed by atoms with Crippen LogP contribution < -0.4 is 0 Å². The summed E-state index contributed by atoms with van der Waals surface area (Å²) in [5.41, 5.74) is 0.959. The number of methoxy groups -OCH3 is 19. The van der Waals surface area contributed by atoms with E-state index < -0.39 is 248 Å². The van der Waals surface area contributed by atoms with Crippen LogP contribution in [0, 0.1) is 0 Å². The Labute approximate surface area is 664 Å². The lowest BCUT2D eigenvalue weighted by atomic mass is 9.94. The molecule has 0 aromatic heterocycles. The quantitative estimate of drug-likeness (QED) is 0.125. The third-order valence-electron chi connectivity index (χ3n) is 22.0. The summed E-state index contributed by atoms with van der Waals surface area (Å²) in [5, 5.41) is 0. The second-order valence-electron chi connectivity index (χ2n) is 28.1. The van der Waals surface area contributed by atoms with Crippen LogP contribution in [0.15, 0.2) is 58.3 Å². The zero-order valence-electron chi connectivity index (χ0n) is 67.5. The molecule has 20 bridgehead atoms. The van der Waals surface area contributed by atoms with Crippen LogP contribution in [0.3, 0.4) is 0 Å². The van der Waals surface area contributed by atoms with E-state index in [2.05, 4.69) is 0 Å². The van der Waals surface area contributed by atoms with Gasteiger partial charge in [-0.2, -0.15) is 16.8 Å². The second kappa shape index (κ2) is 42.2. The smallest absolute Gasteiger partial charge is 0.297 e. The molecular weight excluding hydrogens is 1560 g/mol. The first kappa shape index (κ1) is 91.7. The van der Waals surface area contributed by atoms with Crippen LogP contribution in [0.25, 0.3) is 11.1 Å². The van der Waals surface area contributed by atoms with E-state index in [-0.39, 0.29) is 42.8 Å². The maximum absolute atomic E-state index is 14.8. The third kappa shape index (κ3) is 19.4. The molecule has 0 radical (unpaired) electrons. The van der Waals surface area contributed by atoms with Gasteiger partial charge in [0.15, 0.2) is 44.0 Å². The highest BCUT2D eigenvalue weighted by atomic mass is 32.2. The average molecular weight is 1680 g/mol. The predicted molar refractivity (Wildman–Crippen MR) is 383 cm³/mol. The Morgan fingerprint density at radius 3 is 0.596 bits per heavy atom. The molecule has 2 aromatic carbocycles. The van der Waals surface area contributed by atoms with Crippen LogP contribution in [0.4, 0.5) is 0 Å². The Hall–Kier alpha value is -3.06. The Balaban J connectivity index is 1.10. The molecule has 39 nitrogen and oxygen atoms in total. The van der Waals surface area contributed by atoms with E-state index in [0.29, 0.717) is 11.1 Å². The van der Waals surface area contributed by atoms with Gasteiger partial charge >= 0.3 is 0 Å². The van der Waals surface area contributed by atoms with E-state index in [1.165, 1.54) is 184 Å². The van der Waals surface area contributed by atoms with Crippen LogP contribution in [-0.2, 0) is 185 Å². The van der Waals surface area contributed by atoms with Crippen LogP contribution in [0.5, 0.6) is 0 Å². The monoisotopic (exact) mass is 1680 g/mol. The van der Waals surface area contributed by atoms with Crippen molar-refractivity contribution in [3.8, 4) is 11.1 Å². The van der Waals surface area contributed by atoms with Gasteiger partial charge in [-0.1, -0.05) is 24.3 Å². The number of hydrogen-bond donors (Lipinski definition) is 0. The van der Waals surface area contributed by atoms with Crippen LogP contribution in [-0.4, -0.2) is 413 Å². The molecule has 35 atom stereocenters. The van der Waals surface area contributed by atoms with E-state index >= 15 is 0 Å². The lowest BCUT2D eigenvalue weighted by molar-refractivity contribution is -0.402. The number of rotatable bonds is 24. The topological polar surface area (TPSA) is 391 Å². The fourth-order valence-electron chi connectivity index (χ4n) is 16.6. The molecule has 0 amide bonds. The van der Waals surface area contributed by atoms with Gasteiger partial charge in [-0.05, 0) is 35.4 Å². The highest BCUT2D eigenvalue weighted by Gasteiger charge is 2.63. The highest BCUT2D eigenvalue weighted by molar-refractivity contribution is 7.87. The molecule has 0 spiro atoms. The first-order valence-electron chi connectivity index (χ1n) is 37.2. The highest BCUT2D eigenvalue weighted by Crippen LogP contribution is 2.44. The molecule has 28 aliphatic rings. The molecule has 114 heavy (non-hydrogen) atoms. The zero-order chi connectivity index (χ0) is 81.9. The summed E-state index contributed by atoms with van der Waals surface area (Å²) < 4.78 is 287. The summed E-state index contributed by atoms with van der Waals surface area (Å²) >= 11 is 0. The first-order valence-corrected chi connectivity index (χ1v) is 40.0. The largest absolute Gasteiger partial charge is 0.382 e. The van der Waals surface area contributed by atoms with Crippen molar-refractivity contribution >= 4 is 20.2 Å². The van der Waals surface area contributed by atoms with E-state index in [0.717, 1.165) is 0 Å². The molecule has 30 rings (SSSR count). The summed E-state index contributed by atoms with van der Waals surface area (Å²) in [6.45, 7) is -2.38. The summed E-state index contributed by atoms with van der Waals surface area (Å²) in [7, 11) is 17.7. The van der Waals surface area contributed by atoms with E-state index in [4.69, 9.17) is 165 Å². The minimum Gasteiger partial charge on any atom is -0.382 e. The van der Waals surface area contributed by atoms with E-state index in [9.17, 15) is 16.8 Å². The molecule has 0 aliphatic carbocycles. The third-order valence-corrected chi connectivity index (χ3v) is 24.6. The van der Waals surface area contributed by atoms with Crippen molar-refractivity contribution in [2.45, 2.75) is 225 Å². The Bertz CT molecular complexity index is 3420. The number of benzene rings is 2. The molecule has 652 valence electrons. The van der Waals surface area contributed by atoms with Gasteiger partial charge in [0.2, 0.25) is 0 Å². The van der Waals surface area contributed by atoms with Gasteiger partial charge in [-0.25, -0.2) is 0 Å². The first-order chi connectivity index (χ1) is 55.2. The summed E-state index contributed by atoms with van der Waals surface area (Å²) in [5.74, 6) is 0. The SMILES string of the molecule is COC[C@H]1O[C@@H]2O[C@H]3[C@H](OC)[C@@H](OC)[C@@H](O[C@H]4[C@H](OC)[C@@H](OC)[C@H]5O[C@H]6[C@H](OC)[C@@H](OC)[C@@H](O[C@H]7[C@H](OC)[C@@H](OC)[C@@H](O[C@H]8[C@H](OC)[C@@H](OC)[C@@H](O[C@H]9[C@H](OC)[C@@H](OC)[C@@H](O[C@H]1[C@H](OC)[C@H]2OC)O[C@@H]9COC)O[C@@H]8COS(=O)(=O)c1ccc(cc1)-c1ccc(cc1)S(=O)(=O)OC[C@H]4O5)O[C@@H]7COC)O[C@@H]6COC)O[C@@H]3COC. The Kier molecular flexibility index (Phi) is 33.9. The lowest BCUT2D eigenvalue weighted by Crippen LogP contribution is -2.69. The molecule has 2 aromatic rings. The fourth-order valence-corrected chi connectivity index (χ4v) is 18.4. The van der Waals surface area contributed by atoms with Gasteiger partial charge in [0.25, 0.3) is 20.2 Å². The van der Waals surface area contributed by atoms with Crippen LogP contribution in [0.2, 0.25) is 0 Å². The van der Waals surface area contributed by atoms with Crippen molar-refractivity contribution < 1.29 is 182 Å². The molecule has 15 fully saturated rings. The maximum atomic E-state index is 14.8. The van der Waals surface area contributed by atoms with Crippen molar-refractivity contribution in [1.29, 1.82) is 0 Å². The van der Waals surface area contributed by atoms with Gasteiger partial charge in [0.05, 0.1) is 56.0 Å². The molecule has 0 unspecified atom stereocenters. The average Bonchev–Trinajstić information content (AvgIpc) is 0.767. The van der Waals surface area contributed by atoms with Crippen molar-refractivity contribution in [2.24, 2.45) is 0 Å². The molecule has 0 saturated carbocycles. The van der Waals surface area contributed by atoms with Gasteiger partial charge in [0.1, 0.15) is 171 Å². The molecule has 15 saturated heterocycles. The summed E-state index contributed by atoms with van der Waals surface area (Å²) in [4.78, 5) is -0.561. The predicted octanol–water partition coefficient (Wildman–Crippen LogP) is 0.00410. The van der Waals surface area contributed by atoms with Crippen LogP contribution >= 0.6 is 0 Å². The molecule has 28 heterocycles. The van der Waals surface area contributed by atoms with Gasteiger partial charge in [-0.15, -0.1) is 0 Å². The normalized spacial score (nSPS) is 42.9. The maximum Gasteiger partial charge on any atom is 0.297 e. The molecule has 0 N–H and O–H groups in total. The zero-order valence-corrected chi connectivity index (χ0v) is 69.1. The minimum absolute atomic E-state index is 0.130. The van der Waals surface area contributed by atoms with Crippen molar-refractivity contribution in [2.75, 3.05) is 181 Å². The Morgan fingerprint density at radius 1 is 0.237 bits per heavy atom. The van der Waals surface area contributed by atoms with Gasteiger partial charge in [-0.3, -0.25) is 8.37 Å². The molecular formula is C73H114O39S2. The minimum atomic E-state index is -4.73. The molecule has 28 aliphatic heterocycles. The van der Waals surface area contributed by atoms with Crippen LogP contribution in [0.1, 0.15) is 0 Å². The van der Waals surface area contributed by atoms with Gasteiger partial charge in [0, 0.05) is 135 Å². The van der Waals surface area contributed by atoms with E-state index in [1.54, 1.807) is 0 Å². The number of hydrogen-bond acceptors (Lipinski definition) is 39.